The number of aromatic nitrogens is 1. The van der Waals surface area contributed by atoms with Crippen LogP contribution in [0.5, 0.6) is 0 Å². The third kappa shape index (κ3) is 2.97. The van der Waals surface area contributed by atoms with Gasteiger partial charge in [0, 0.05) is 25.8 Å². The topological polar surface area (TPSA) is 52.4 Å². The lowest BCUT2D eigenvalue weighted by atomic mass is 10.2. The SMILES string of the molecule is CN(C)C[C@H]1CN(c2ncccc2C#N)CCO1. The first-order valence-corrected chi connectivity index (χ1v) is 6.07. The van der Waals surface area contributed by atoms with Gasteiger partial charge in [0.25, 0.3) is 0 Å². The summed E-state index contributed by atoms with van der Waals surface area (Å²) in [6.45, 7) is 3.13. The number of morpholine rings is 1. The van der Waals surface area contributed by atoms with Gasteiger partial charge in [-0.05, 0) is 26.2 Å². The van der Waals surface area contributed by atoms with Crippen LogP contribution < -0.4 is 4.90 Å². The van der Waals surface area contributed by atoms with Gasteiger partial charge >= 0.3 is 0 Å². The molecular weight excluding hydrogens is 228 g/mol. The van der Waals surface area contributed by atoms with Crippen molar-refractivity contribution in [3.8, 4) is 6.07 Å². The molecule has 1 atom stereocenters. The Bertz CT molecular complexity index is 441. The molecule has 0 amide bonds. The van der Waals surface area contributed by atoms with Crippen LogP contribution in [0.1, 0.15) is 5.56 Å². The molecule has 1 aromatic rings. The Morgan fingerprint density at radius 1 is 1.61 bits per heavy atom. The van der Waals surface area contributed by atoms with E-state index in [1.54, 1.807) is 18.3 Å². The van der Waals surface area contributed by atoms with Crippen molar-refractivity contribution in [3.63, 3.8) is 0 Å². The highest BCUT2D eigenvalue weighted by Gasteiger charge is 2.23. The van der Waals surface area contributed by atoms with Crippen LogP contribution in [0.25, 0.3) is 0 Å². The van der Waals surface area contributed by atoms with Gasteiger partial charge in [-0.25, -0.2) is 4.98 Å². The van der Waals surface area contributed by atoms with Gasteiger partial charge in [-0.3, -0.25) is 0 Å². The van der Waals surface area contributed by atoms with E-state index in [0.717, 1.165) is 25.5 Å². The molecule has 18 heavy (non-hydrogen) atoms. The summed E-state index contributed by atoms with van der Waals surface area (Å²) >= 11 is 0. The molecule has 0 aliphatic carbocycles. The average Bonchev–Trinajstić information content (AvgIpc) is 2.38. The maximum Gasteiger partial charge on any atom is 0.146 e. The highest BCUT2D eigenvalue weighted by molar-refractivity contribution is 5.53. The molecule has 2 heterocycles. The molecule has 0 saturated carbocycles. The highest BCUT2D eigenvalue weighted by Crippen LogP contribution is 2.19. The van der Waals surface area contributed by atoms with Crippen LogP contribution in [0, 0.1) is 11.3 Å². The van der Waals surface area contributed by atoms with Gasteiger partial charge in [0.1, 0.15) is 11.9 Å². The molecule has 0 spiro atoms. The Morgan fingerprint density at radius 2 is 2.44 bits per heavy atom. The smallest absolute Gasteiger partial charge is 0.146 e. The number of likely N-dealkylation sites (N-methyl/N-ethyl adjacent to an activating group) is 1. The number of nitriles is 1. The summed E-state index contributed by atoms with van der Waals surface area (Å²) in [5, 5.41) is 9.10. The quantitative estimate of drug-likeness (QED) is 0.786. The average molecular weight is 246 g/mol. The molecule has 1 aliphatic heterocycles. The molecular formula is C13H18N4O. The number of hydrogen-bond donors (Lipinski definition) is 0. The monoisotopic (exact) mass is 246 g/mol. The summed E-state index contributed by atoms with van der Waals surface area (Å²) in [5.41, 5.74) is 0.628. The van der Waals surface area contributed by atoms with Gasteiger partial charge < -0.3 is 14.5 Å². The molecule has 96 valence electrons. The van der Waals surface area contributed by atoms with Crippen LogP contribution in [0.4, 0.5) is 5.82 Å². The minimum absolute atomic E-state index is 0.169. The zero-order chi connectivity index (χ0) is 13.0. The Labute approximate surface area is 108 Å². The Hall–Kier alpha value is -1.64. The predicted octanol–water partition coefficient (Wildman–Crippen LogP) is 0.720. The molecule has 2 rings (SSSR count). The van der Waals surface area contributed by atoms with Crippen molar-refractivity contribution >= 4 is 5.82 Å². The lowest BCUT2D eigenvalue weighted by molar-refractivity contribution is 0.0245. The van der Waals surface area contributed by atoms with Crippen LogP contribution >= 0.6 is 0 Å². The van der Waals surface area contributed by atoms with E-state index in [1.807, 2.05) is 14.1 Å². The molecule has 1 fully saturated rings. The third-order valence-electron chi connectivity index (χ3n) is 2.91. The van der Waals surface area contributed by atoms with Crippen LogP contribution in [0.2, 0.25) is 0 Å². The fourth-order valence-electron chi connectivity index (χ4n) is 2.17. The standard InChI is InChI=1S/C13H18N4O/c1-16(2)9-12-10-17(6-7-18-12)13-11(8-14)4-3-5-15-13/h3-5,12H,6-7,9-10H2,1-2H3/t12-/m0/s1. The third-order valence-corrected chi connectivity index (χ3v) is 2.91. The summed E-state index contributed by atoms with van der Waals surface area (Å²) in [7, 11) is 4.06. The van der Waals surface area contributed by atoms with Crippen LogP contribution in [-0.4, -0.2) is 56.3 Å². The summed E-state index contributed by atoms with van der Waals surface area (Å²) in [6, 6.07) is 5.79. The number of hydrogen-bond acceptors (Lipinski definition) is 5. The van der Waals surface area contributed by atoms with Crippen molar-refractivity contribution in [2.75, 3.05) is 45.2 Å². The van der Waals surface area contributed by atoms with Crippen molar-refractivity contribution in [2.45, 2.75) is 6.10 Å². The second kappa shape index (κ2) is 5.80. The summed E-state index contributed by atoms with van der Waals surface area (Å²) < 4.78 is 5.72. The van der Waals surface area contributed by atoms with Crippen molar-refractivity contribution in [1.29, 1.82) is 5.26 Å². The molecule has 5 heteroatoms. The van der Waals surface area contributed by atoms with E-state index >= 15 is 0 Å². The van der Waals surface area contributed by atoms with Gasteiger partial charge in [0.2, 0.25) is 0 Å². The maximum absolute atomic E-state index is 9.10. The molecule has 0 radical (unpaired) electrons. The van der Waals surface area contributed by atoms with Crippen molar-refractivity contribution in [2.24, 2.45) is 0 Å². The van der Waals surface area contributed by atoms with Crippen molar-refractivity contribution in [3.05, 3.63) is 23.9 Å². The Morgan fingerprint density at radius 3 is 3.17 bits per heavy atom. The zero-order valence-electron chi connectivity index (χ0n) is 10.8. The Kier molecular flexibility index (Phi) is 4.13. The Balaban J connectivity index is 2.11. The minimum Gasteiger partial charge on any atom is -0.373 e. The minimum atomic E-state index is 0.169. The largest absolute Gasteiger partial charge is 0.373 e. The zero-order valence-corrected chi connectivity index (χ0v) is 10.8. The number of pyridine rings is 1. The van der Waals surface area contributed by atoms with Gasteiger partial charge in [-0.2, -0.15) is 5.26 Å². The summed E-state index contributed by atoms with van der Waals surface area (Å²) in [6.07, 6.45) is 1.90. The van der Waals surface area contributed by atoms with Gasteiger partial charge in [-0.1, -0.05) is 0 Å². The maximum atomic E-state index is 9.10. The van der Waals surface area contributed by atoms with E-state index in [4.69, 9.17) is 10.00 Å². The summed E-state index contributed by atoms with van der Waals surface area (Å²) in [4.78, 5) is 8.57. The van der Waals surface area contributed by atoms with Gasteiger partial charge in [0.15, 0.2) is 0 Å². The van der Waals surface area contributed by atoms with Gasteiger partial charge in [0.05, 0.1) is 18.3 Å². The normalized spacial score (nSPS) is 19.9. The fraction of sp³-hybridized carbons (Fsp3) is 0.538. The van der Waals surface area contributed by atoms with Crippen molar-refractivity contribution < 1.29 is 4.74 Å². The van der Waals surface area contributed by atoms with Crippen molar-refractivity contribution in [1.82, 2.24) is 9.88 Å². The fourth-order valence-corrected chi connectivity index (χ4v) is 2.17. The van der Waals surface area contributed by atoms with E-state index in [2.05, 4.69) is 20.9 Å². The molecule has 0 unspecified atom stereocenters. The number of ether oxygens (including phenoxy) is 1. The van der Waals surface area contributed by atoms with E-state index in [0.29, 0.717) is 12.2 Å². The predicted molar refractivity (Wildman–Crippen MR) is 69.5 cm³/mol. The molecule has 0 aromatic carbocycles. The first kappa shape index (κ1) is 12.8. The van der Waals surface area contributed by atoms with E-state index in [-0.39, 0.29) is 6.10 Å². The summed E-state index contributed by atoms with van der Waals surface area (Å²) in [5.74, 6) is 0.770. The van der Waals surface area contributed by atoms with E-state index < -0.39 is 0 Å². The first-order valence-electron chi connectivity index (χ1n) is 6.07. The van der Waals surface area contributed by atoms with E-state index in [9.17, 15) is 0 Å². The molecule has 1 aromatic heterocycles. The lowest BCUT2D eigenvalue weighted by Crippen LogP contribution is -2.47. The molecule has 0 N–H and O–H groups in total. The number of rotatable bonds is 3. The molecule has 0 bridgehead atoms. The first-order chi connectivity index (χ1) is 8.70. The van der Waals surface area contributed by atoms with Crippen LogP contribution in [0.3, 0.4) is 0 Å². The lowest BCUT2D eigenvalue weighted by Gasteiger charge is -2.35. The second-order valence-electron chi connectivity index (χ2n) is 4.69. The molecule has 1 aliphatic rings. The van der Waals surface area contributed by atoms with Gasteiger partial charge in [-0.15, -0.1) is 0 Å². The van der Waals surface area contributed by atoms with Crippen LogP contribution in [0.15, 0.2) is 18.3 Å². The highest BCUT2D eigenvalue weighted by atomic mass is 16.5. The second-order valence-corrected chi connectivity index (χ2v) is 4.69. The molecule has 5 nitrogen and oxygen atoms in total. The number of anilines is 1. The number of nitrogens with zero attached hydrogens (tertiary/aromatic N) is 4. The molecule has 1 saturated heterocycles. The van der Waals surface area contributed by atoms with E-state index in [1.165, 1.54) is 0 Å². The van der Waals surface area contributed by atoms with Crippen LogP contribution in [-0.2, 0) is 4.74 Å².